The van der Waals surface area contributed by atoms with Gasteiger partial charge in [0.15, 0.2) is 6.61 Å². The second-order valence-electron chi connectivity index (χ2n) is 6.11. The highest BCUT2D eigenvalue weighted by Crippen LogP contribution is 2.17. The first-order chi connectivity index (χ1) is 12.9. The van der Waals surface area contributed by atoms with Crippen LogP contribution in [0.3, 0.4) is 0 Å². The van der Waals surface area contributed by atoms with Crippen molar-refractivity contribution in [1.29, 1.82) is 0 Å². The Morgan fingerprint density at radius 3 is 2.37 bits per heavy atom. The van der Waals surface area contributed by atoms with E-state index >= 15 is 0 Å². The predicted octanol–water partition coefficient (Wildman–Crippen LogP) is 2.93. The monoisotopic (exact) mass is 391 g/mol. The number of hydrogen-bond donors (Lipinski definition) is 1. The number of sulfonamides is 1. The van der Waals surface area contributed by atoms with E-state index in [1.165, 1.54) is 29.8 Å². The summed E-state index contributed by atoms with van der Waals surface area (Å²) in [7, 11) is -3.62. The van der Waals surface area contributed by atoms with E-state index in [0.29, 0.717) is 12.2 Å². The fraction of sp³-hybridized carbons (Fsp3) is 0.350. The van der Waals surface area contributed by atoms with Gasteiger partial charge in [0.1, 0.15) is 5.75 Å². The highest BCUT2D eigenvalue weighted by atomic mass is 32.2. The maximum atomic E-state index is 12.5. The van der Waals surface area contributed by atoms with E-state index in [-0.39, 0.29) is 24.2 Å². The zero-order chi connectivity index (χ0) is 19.7. The molecule has 0 saturated heterocycles. The highest BCUT2D eigenvalue weighted by Gasteiger charge is 2.17. The van der Waals surface area contributed by atoms with Crippen LogP contribution in [0.4, 0.5) is 0 Å². The number of carbonyl (C=O) groups excluding carboxylic acids is 1. The minimum Gasteiger partial charge on any atom is -0.482 e. The third-order valence-corrected chi connectivity index (χ3v) is 5.47. The summed E-state index contributed by atoms with van der Waals surface area (Å²) in [5.41, 5.74) is 1.17. The van der Waals surface area contributed by atoms with Crippen molar-refractivity contribution in [3.05, 3.63) is 60.2 Å². The second kappa shape index (κ2) is 10.1. The van der Waals surface area contributed by atoms with Crippen molar-refractivity contribution < 1.29 is 22.7 Å². The molecule has 0 heterocycles. The molecule has 0 amide bonds. The van der Waals surface area contributed by atoms with Gasteiger partial charge in [0.05, 0.1) is 11.5 Å². The van der Waals surface area contributed by atoms with Gasteiger partial charge in [0.2, 0.25) is 10.0 Å². The minimum absolute atomic E-state index is 0.151. The van der Waals surface area contributed by atoms with Crippen LogP contribution in [0, 0.1) is 0 Å². The van der Waals surface area contributed by atoms with Crippen LogP contribution < -0.4 is 9.46 Å². The van der Waals surface area contributed by atoms with Gasteiger partial charge in [0.25, 0.3) is 0 Å². The summed E-state index contributed by atoms with van der Waals surface area (Å²) in [6, 6.07) is 15.7. The van der Waals surface area contributed by atoms with Crippen LogP contribution >= 0.6 is 0 Å². The van der Waals surface area contributed by atoms with Crippen molar-refractivity contribution in [3.63, 3.8) is 0 Å². The Labute approximate surface area is 160 Å². The predicted molar refractivity (Wildman–Crippen MR) is 103 cm³/mol. The summed E-state index contributed by atoms with van der Waals surface area (Å²) in [6.45, 7) is 3.63. The lowest BCUT2D eigenvalue weighted by molar-refractivity contribution is -0.145. The van der Waals surface area contributed by atoms with E-state index in [2.05, 4.69) is 4.72 Å². The lowest BCUT2D eigenvalue weighted by atomic mass is 10.1. The molecule has 1 N–H and O–H groups in total. The number of rotatable bonds is 10. The van der Waals surface area contributed by atoms with Gasteiger partial charge < -0.3 is 9.47 Å². The Kier molecular flexibility index (Phi) is 7.82. The van der Waals surface area contributed by atoms with Gasteiger partial charge in [-0.25, -0.2) is 17.9 Å². The first-order valence-corrected chi connectivity index (χ1v) is 10.3. The number of benzene rings is 2. The lowest BCUT2D eigenvalue weighted by Crippen LogP contribution is -2.32. The molecule has 0 aliphatic rings. The van der Waals surface area contributed by atoms with E-state index in [1.807, 2.05) is 37.3 Å². The van der Waals surface area contributed by atoms with Crippen LogP contribution in [0.5, 0.6) is 5.75 Å². The fourth-order valence-corrected chi connectivity index (χ4v) is 3.76. The first kappa shape index (κ1) is 20.9. The molecule has 146 valence electrons. The second-order valence-corrected chi connectivity index (χ2v) is 7.83. The van der Waals surface area contributed by atoms with E-state index in [1.54, 1.807) is 6.92 Å². The highest BCUT2D eigenvalue weighted by molar-refractivity contribution is 7.89. The third kappa shape index (κ3) is 7.03. The molecule has 0 aliphatic heterocycles. The molecule has 6 nitrogen and oxygen atoms in total. The van der Waals surface area contributed by atoms with Crippen molar-refractivity contribution >= 4 is 16.0 Å². The Morgan fingerprint density at radius 1 is 1.07 bits per heavy atom. The molecular formula is C20H25NO5S. The number of hydrogen-bond acceptors (Lipinski definition) is 5. The van der Waals surface area contributed by atoms with Crippen molar-refractivity contribution in [1.82, 2.24) is 4.72 Å². The summed E-state index contributed by atoms with van der Waals surface area (Å²) in [5.74, 6) is -0.0674. The molecule has 1 atom stereocenters. The fourth-order valence-electron chi connectivity index (χ4n) is 2.48. The van der Waals surface area contributed by atoms with E-state index in [4.69, 9.17) is 9.47 Å². The molecule has 27 heavy (non-hydrogen) atoms. The maximum Gasteiger partial charge on any atom is 0.344 e. The molecule has 2 aromatic rings. The third-order valence-electron chi connectivity index (χ3n) is 3.86. The molecule has 7 heteroatoms. The summed E-state index contributed by atoms with van der Waals surface area (Å²) < 4.78 is 37.7. The molecule has 0 bridgehead atoms. The largest absolute Gasteiger partial charge is 0.482 e. The van der Waals surface area contributed by atoms with Crippen LogP contribution in [-0.2, 0) is 26.0 Å². The number of nitrogens with one attached hydrogen (secondary N) is 1. The molecule has 0 radical (unpaired) electrons. The average Bonchev–Trinajstić information content (AvgIpc) is 2.66. The van der Waals surface area contributed by atoms with Crippen molar-refractivity contribution in [3.8, 4) is 5.75 Å². The zero-order valence-electron chi connectivity index (χ0n) is 15.6. The van der Waals surface area contributed by atoms with Crippen LogP contribution in [0.1, 0.15) is 25.8 Å². The Morgan fingerprint density at radius 2 is 1.74 bits per heavy atom. The van der Waals surface area contributed by atoms with E-state index in [9.17, 15) is 13.2 Å². The van der Waals surface area contributed by atoms with Crippen LogP contribution in [0.25, 0.3) is 0 Å². The van der Waals surface area contributed by atoms with Crippen molar-refractivity contribution in [2.24, 2.45) is 0 Å². The molecule has 0 saturated carbocycles. The van der Waals surface area contributed by atoms with Gasteiger partial charge in [-0.05, 0) is 56.5 Å². The molecule has 2 rings (SSSR count). The van der Waals surface area contributed by atoms with Crippen LogP contribution in [0.2, 0.25) is 0 Å². The molecule has 0 spiro atoms. The summed E-state index contributed by atoms with van der Waals surface area (Å²) in [4.78, 5) is 11.4. The first-order valence-electron chi connectivity index (χ1n) is 8.85. The SMILES string of the molecule is CCOC(=O)COc1ccc(S(=O)(=O)N[C@@H](C)CCc2ccccc2)cc1. The van der Waals surface area contributed by atoms with Gasteiger partial charge in [0, 0.05) is 6.04 Å². The number of carbonyl (C=O) groups is 1. The standard InChI is InChI=1S/C20H25NO5S/c1-3-25-20(22)15-26-18-11-13-19(14-12-18)27(23,24)21-16(2)9-10-17-7-5-4-6-8-17/h4-8,11-14,16,21H,3,9-10,15H2,1-2H3/t16-/m0/s1. The summed E-state index contributed by atoms with van der Waals surface area (Å²) in [6.07, 6.45) is 1.50. The van der Waals surface area contributed by atoms with Crippen LogP contribution in [0.15, 0.2) is 59.5 Å². The summed E-state index contributed by atoms with van der Waals surface area (Å²) in [5, 5.41) is 0. The maximum absolute atomic E-state index is 12.5. The molecular weight excluding hydrogens is 366 g/mol. The van der Waals surface area contributed by atoms with E-state index < -0.39 is 16.0 Å². The summed E-state index contributed by atoms with van der Waals surface area (Å²) >= 11 is 0. The normalized spacial score (nSPS) is 12.4. The van der Waals surface area contributed by atoms with Gasteiger partial charge in [-0.1, -0.05) is 30.3 Å². The number of ether oxygens (including phenoxy) is 2. The van der Waals surface area contributed by atoms with Gasteiger partial charge in [-0.3, -0.25) is 0 Å². The average molecular weight is 391 g/mol. The topological polar surface area (TPSA) is 81.7 Å². The van der Waals surface area contributed by atoms with Gasteiger partial charge in [-0.2, -0.15) is 0 Å². The number of esters is 1. The molecule has 0 aromatic heterocycles. The molecule has 0 fully saturated rings. The minimum atomic E-state index is -3.62. The quantitative estimate of drug-likeness (QED) is 0.630. The van der Waals surface area contributed by atoms with Gasteiger partial charge in [-0.15, -0.1) is 0 Å². The van der Waals surface area contributed by atoms with Crippen molar-refractivity contribution in [2.75, 3.05) is 13.2 Å². The molecule has 0 unspecified atom stereocenters. The Hall–Kier alpha value is -2.38. The molecule has 0 aliphatic carbocycles. The molecule has 2 aromatic carbocycles. The van der Waals surface area contributed by atoms with Gasteiger partial charge >= 0.3 is 5.97 Å². The smallest absolute Gasteiger partial charge is 0.344 e. The lowest BCUT2D eigenvalue weighted by Gasteiger charge is -2.14. The van der Waals surface area contributed by atoms with Crippen molar-refractivity contribution in [2.45, 2.75) is 37.6 Å². The Bertz CT molecular complexity index is 819. The zero-order valence-corrected chi connectivity index (χ0v) is 16.4. The van der Waals surface area contributed by atoms with Crippen LogP contribution in [-0.4, -0.2) is 33.6 Å². The van der Waals surface area contributed by atoms with E-state index in [0.717, 1.165) is 6.42 Å². The number of aryl methyl sites for hydroxylation is 1. The Balaban J connectivity index is 1.88.